The Morgan fingerprint density at radius 1 is 1.00 bits per heavy atom. The molecule has 1 nitrogen and oxygen atoms in total. The third-order valence-corrected chi connectivity index (χ3v) is 3.83. The van der Waals surface area contributed by atoms with Crippen LogP contribution in [0.5, 0.6) is 0 Å². The minimum atomic E-state index is 1.06. The van der Waals surface area contributed by atoms with Crippen LogP contribution < -0.4 is 0 Å². The fraction of sp³-hybridized carbons (Fsp3) is 0.294. The van der Waals surface area contributed by atoms with Crippen LogP contribution in [0.25, 0.3) is 0 Å². The van der Waals surface area contributed by atoms with Crippen molar-refractivity contribution >= 4 is 0 Å². The highest BCUT2D eigenvalue weighted by molar-refractivity contribution is 5.36. The molecule has 0 aromatic heterocycles. The molecular formula is C17H19N. The van der Waals surface area contributed by atoms with Crippen LogP contribution in [0.2, 0.25) is 0 Å². The normalized spacial score (nSPS) is 15.4. The van der Waals surface area contributed by atoms with Crippen LogP contribution in [-0.2, 0) is 19.5 Å². The van der Waals surface area contributed by atoms with E-state index in [2.05, 4.69) is 60.4 Å². The van der Waals surface area contributed by atoms with E-state index in [1.54, 1.807) is 5.56 Å². The fourth-order valence-corrected chi connectivity index (χ4v) is 2.84. The van der Waals surface area contributed by atoms with Crippen molar-refractivity contribution in [1.82, 2.24) is 4.90 Å². The number of hydrogen-bond donors (Lipinski definition) is 0. The molecule has 0 aliphatic carbocycles. The summed E-state index contributed by atoms with van der Waals surface area (Å²) in [6.07, 6.45) is 1.19. The first kappa shape index (κ1) is 11.5. The van der Waals surface area contributed by atoms with Crippen molar-refractivity contribution in [3.05, 3.63) is 70.8 Å². The molecule has 2 aromatic rings. The molecule has 0 spiro atoms. The zero-order chi connectivity index (χ0) is 12.4. The minimum Gasteiger partial charge on any atom is -0.294 e. The van der Waals surface area contributed by atoms with Crippen LogP contribution in [0.3, 0.4) is 0 Å². The second-order valence-corrected chi connectivity index (χ2v) is 5.16. The van der Waals surface area contributed by atoms with E-state index in [1.165, 1.54) is 29.7 Å². The Balaban J connectivity index is 1.76. The zero-order valence-electron chi connectivity index (χ0n) is 10.9. The summed E-state index contributed by atoms with van der Waals surface area (Å²) in [5.41, 5.74) is 5.94. The molecule has 0 amide bonds. The molecule has 0 fully saturated rings. The fourth-order valence-electron chi connectivity index (χ4n) is 2.84. The SMILES string of the molecule is Cc1cccc2c1CCN(Cc1ccccc1)C2. The smallest absolute Gasteiger partial charge is 0.0240 e. The van der Waals surface area contributed by atoms with Gasteiger partial charge in [-0.3, -0.25) is 4.90 Å². The van der Waals surface area contributed by atoms with Gasteiger partial charge >= 0.3 is 0 Å². The van der Waals surface area contributed by atoms with E-state index < -0.39 is 0 Å². The quantitative estimate of drug-likeness (QED) is 0.772. The van der Waals surface area contributed by atoms with Crippen molar-refractivity contribution in [3.8, 4) is 0 Å². The van der Waals surface area contributed by atoms with Crippen LogP contribution >= 0.6 is 0 Å². The zero-order valence-corrected chi connectivity index (χ0v) is 10.9. The summed E-state index contributed by atoms with van der Waals surface area (Å²) in [4.78, 5) is 2.54. The largest absolute Gasteiger partial charge is 0.294 e. The summed E-state index contributed by atoms with van der Waals surface area (Å²) < 4.78 is 0. The number of fused-ring (bicyclic) bond motifs is 1. The lowest BCUT2D eigenvalue weighted by atomic mass is 9.95. The number of rotatable bonds is 2. The van der Waals surface area contributed by atoms with Gasteiger partial charge < -0.3 is 0 Å². The maximum Gasteiger partial charge on any atom is 0.0240 e. The Kier molecular flexibility index (Phi) is 3.16. The molecule has 1 aliphatic rings. The summed E-state index contributed by atoms with van der Waals surface area (Å²) in [6, 6.07) is 17.4. The van der Waals surface area contributed by atoms with Gasteiger partial charge in [0.2, 0.25) is 0 Å². The molecule has 3 rings (SSSR count). The highest BCUT2D eigenvalue weighted by Crippen LogP contribution is 2.23. The molecule has 18 heavy (non-hydrogen) atoms. The first-order valence-corrected chi connectivity index (χ1v) is 6.66. The number of aryl methyl sites for hydroxylation is 1. The molecule has 1 aliphatic heterocycles. The van der Waals surface area contributed by atoms with Crippen LogP contribution in [0, 0.1) is 6.92 Å². The first-order valence-electron chi connectivity index (χ1n) is 6.66. The standard InChI is InChI=1S/C17H19N/c1-14-6-5-9-16-13-18(11-10-17(14)16)12-15-7-3-2-4-8-15/h2-9H,10-13H2,1H3. The van der Waals surface area contributed by atoms with Gasteiger partial charge in [0.05, 0.1) is 0 Å². The molecule has 0 saturated carbocycles. The van der Waals surface area contributed by atoms with Crippen molar-refractivity contribution in [2.45, 2.75) is 26.4 Å². The second kappa shape index (κ2) is 4.95. The molecular weight excluding hydrogens is 218 g/mol. The van der Waals surface area contributed by atoms with Gasteiger partial charge in [-0.05, 0) is 35.6 Å². The third-order valence-electron chi connectivity index (χ3n) is 3.83. The number of hydrogen-bond acceptors (Lipinski definition) is 1. The van der Waals surface area contributed by atoms with Gasteiger partial charge in [-0.2, -0.15) is 0 Å². The van der Waals surface area contributed by atoms with E-state index in [4.69, 9.17) is 0 Å². The molecule has 92 valence electrons. The van der Waals surface area contributed by atoms with Gasteiger partial charge in [0, 0.05) is 19.6 Å². The predicted molar refractivity (Wildman–Crippen MR) is 75.4 cm³/mol. The Hall–Kier alpha value is -1.60. The third kappa shape index (κ3) is 2.32. The van der Waals surface area contributed by atoms with E-state index in [-0.39, 0.29) is 0 Å². The Bertz CT molecular complexity index is 531. The van der Waals surface area contributed by atoms with Gasteiger partial charge in [0.15, 0.2) is 0 Å². The van der Waals surface area contributed by atoms with Crippen molar-refractivity contribution in [1.29, 1.82) is 0 Å². The summed E-state index contributed by atoms with van der Waals surface area (Å²) >= 11 is 0. The van der Waals surface area contributed by atoms with Crippen molar-refractivity contribution in [2.24, 2.45) is 0 Å². The van der Waals surface area contributed by atoms with Gasteiger partial charge in [0.25, 0.3) is 0 Å². The molecule has 1 heteroatoms. The van der Waals surface area contributed by atoms with Crippen molar-refractivity contribution in [3.63, 3.8) is 0 Å². The lowest BCUT2D eigenvalue weighted by molar-refractivity contribution is 0.245. The molecule has 0 atom stereocenters. The molecule has 0 radical (unpaired) electrons. The lowest BCUT2D eigenvalue weighted by Crippen LogP contribution is -2.30. The van der Waals surface area contributed by atoms with Gasteiger partial charge in [-0.25, -0.2) is 0 Å². The van der Waals surface area contributed by atoms with E-state index >= 15 is 0 Å². The molecule has 2 aromatic carbocycles. The van der Waals surface area contributed by atoms with Crippen molar-refractivity contribution < 1.29 is 0 Å². The lowest BCUT2D eigenvalue weighted by Gasteiger charge is -2.29. The maximum absolute atomic E-state index is 2.54. The Morgan fingerprint density at radius 2 is 1.83 bits per heavy atom. The maximum atomic E-state index is 2.54. The average Bonchev–Trinajstić information content (AvgIpc) is 2.40. The Labute approximate surface area is 109 Å². The molecule has 0 unspecified atom stereocenters. The van der Waals surface area contributed by atoms with Gasteiger partial charge in [-0.1, -0.05) is 48.5 Å². The number of nitrogens with zero attached hydrogens (tertiary/aromatic N) is 1. The Morgan fingerprint density at radius 3 is 2.67 bits per heavy atom. The molecule has 0 N–H and O–H groups in total. The van der Waals surface area contributed by atoms with Crippen molar-refractivity contribution in [2.75, 3.05) is 6.54 Å². The van der Waals surface area contributed by atoms with E-state index in [0.717, 1.165) is 13.1 Å². The monoisotopic (exact) mass is 237 g/mol. The summed E-state index contributed by atoms with van der Waals surface area (Å²) in [5, 5.41) is 0. The predicted octanol–water partition coefficient (Wildman–Crippen LogP) is 3.55. The highest BCUT2D eigenvalue weighted by Gasteiger charge is 2.17. The van der Waals surface area contributed by atoms with E-state index in [0.29, 0.717) is 0 Å². The van der Waals surface area contributed by atoms with Crippen LogP contribution in [0.1, 0.15) is 22.3 Å². The van der Waals surface area contributed by atoms with E-state index in [9.17, 15) is 0 Å². The molecule has 0 bridgehead atoms. The van der Waals surface area contributed by atoms with E-state index in [1.807, 2.05) is 0 Å². The minimum absolute atomic E-state index is 1.06. The van der Waals surface area contributed by atoms with Gasteiger partial charge in [-0.15, -0.1) is 0 Å². The average molecular weight is 237 g/mol. The summed E-state index contributed by atoms with van der Waals surface area (Å²) in [5.74, 6) is 0. The summed E-state index contributed by atoms with van der Waals surface area (Å²) in [6.45, 7) is 5.55. The summed E-state index contributed by atoms with van der Waals surface area (Å²) in [7, 11) is 0. The second-order valence-electron chi connectivity index (χ2n) is 5.16. The topological polar surface area (TPSA) is 3.24 Å². The van der Waals surface area contributed by atoms with Crippen LogP contribution in [-0.4, -0.2) is 11.4 Å². The van der Waals surface area contributed by atoms with Crippen LogP contribution in [0.15, 0.2) is 48.5 Å². The number of benzene rings is 2. The molecule has 1 heterocycles. The molecule has 0 saturated heterocycles. The highest BCUT2D eigenvalue weighted by atomic mass is 15.1. The van der Waals surface area contributed by atoms with Crippen LogP contribution in [0.4, 0.5) is 0 Å². The first-order chi connectivity index (χ1) is 8.83. The van der Waals surface area contributed by atoms with Gasteiger partial charge in [0.1, 0.15) is 0 Å².